The van der Waals surface area contributed by atoms with E-state index in [1.54, 1.807) is 0 Å². The Balaban J connectivity index is 0.000000713. The first-order valence-corrected chi connectivity index (χ1v) is 8.19. The van der Waals surface area contributed by atoms with Crippen LogP contribution >= 0.6 is 0 Å². The van der Waals surface area contributed by atoms with Crippen LogP contribution in [-0.4, -0.2) is 4.98 Å². The molecule has 1 heterocycles. The first-order chi connectivity index (χ1) is 10.2. The minimum Gasteiger partial charge on any atom is -0.253 e. The van der Waals surface area contributed by atoms with Crippen LogP contribution < -0.4 is 10.6 Å². The van der Waals surface area contributed by atoms with Crippen LogP contribution in [0.5, 0.6) is 0 Å². The number of pyridine rings is 1. The highest BCUT2D eigenvalue weighted by atomic mass is 14.7. The number of aromatic nitrogens is 1. The number of hydrogen-bond acceptors (Lipinski definition) is 1. The molecule has 0 N–H and O–H groups in total. The van der Waals surface area contributed by atoms with E-state index in [1.807, 2.05) is 20.8 Å². The van der Waals surface area contributed by atoms with Gasteiger partial charge in [-0.05, 0) is 37.0 Å². The molecule has 2 rings (SSSR count). The van der Waals surface area contributed by atoms with Crippen molar-refractivity contribution in [2.75, 3.05) is 0 Å². The van der Waals surface area contributed by atoms with Crippen LogP contribution in [0.15, 0.2) is 24.3 Å². The summed E-state index contributed by atoms with van der Waals surface area (Å²) < 4.78 is 0. The van der Waals surface area contributed by atoms with Crippen molar-refractivity contribution < 1.29 is 0 Å². The third kappa shape index (κ3) is 5.71. The second kappa shape index (κ2) is 11.1. The lowest BCUT2D eigenvalue weighted by atomic mass is 10.0. The summed E-state index contributed by atoms with van der Waals surface area (Å²) in [6, 6.07) is 2.20. The topological polar surface area (TPSA) is 12.9 Å². The molecule has 1 heteroatoms. The molecule has 0 fully saturated rings. The summed E-state index contributed by atoms with van der Waals surface area (Å²) in [4.78, 5) is 4.50. The smallest absolute Gasteiger partial charge is 0.0636 e. The van der Waals surface area contributed by atoms with Gasteiger partial charge in [0.15, 0.2) is 0 Å². The second-order valence-electron chi connectivity index (χ2n) is 4.70. The molecule has 0 amide bonds. The van der Waals surface area contributed by atoms with Gasteiger partial charge in [-0.25, -0.2) is 0 Å². The number of allylic oxidation sites excluding steroid dienone is 4. The highest BCUT2D eigenvalue weighted by Gasteiger charge is 2.07. The predicted molar refractivity (Wildman–Crippen MR) is 97.6 cm³/mol. The fourth-order valence-electron chi connectivity index (χ4n) is 2.08. The van der Waals surface area contributed by atoms with Gasteiger partial charge in [-0.2, -0.15) is 0 Å². The lowest BCUT2D eigenvalue weighted by molar-refractivity contribution is 1.00. The average Bonchev–Trinajstić information content (AvgIpc) is 3.03. The molecule has 1 aromatic rings. The van der Waals surface area contributed by atoms with Crippen molar-refractivity contribution >= 4 is 18.2 Å². The number of rotatable bonds is 2. The molecule has 0 saturated heterocycles. The van der Waals surface area contributed by atoms with Gasteiger partial charge in [0.2, 0.25) is 0 Å². The number of aryl methyl sites for hydroxylation is 1. The molecule has 1 aliphatic rings. The van der Waals surface area contributed by atoms with E-state index in [9.17, 15) is 0 Å². The zero-order valence-electron chi connectivity index (χ0n) is 14.7. The van der Waals surface area contributed by atoms with Crippen molar-refractivity contribution in [1.29, 1.82) is 0 Å². The Morgan fingerprint density at radius 1 is 1.24 bits per heavy atom. The molecule has 0 aliphatic heterocycles. The van der Waals surface area contributed by atoms with Crippen molar-refractivity contribution in [3.63, 3.8) is 0 Å². The molecule has 0 bridgehead atoms. The normalized spacial score (nSPS) is 13.0. The number of hydrogen-bond donors (Lipinski definition) is 0. The van der Waals surface area contributed by atoms with E-state index in [1.165, 1.54) is 22.8 Å². The SMILES string of the molecule is C=c1nc(CC)cc(C2=CC=CC2)/c1=C/C.CC.CCC. The maximum Gasteiger partial charge on any atom is 0.0636 e. The summed E-state index contributed by atoms with van der Waals surface area (Å²) in [6.07, 6.45) is 11.8. The first-order valence-electron chi connectivity index (χ1n) is 8.19. The third-order valence-electron chi connectivity index (χ3n) is 2.96. The maximum atomic E-state index is 4.50. The van der Waals surface area contributed by atoms with Crippen molar-refractivity contribution in [3.05, 3.63) is 46.1 Å². The average molecular weight is 285 g/mol. The standard InChI is InChI=1S/C15H17N.C3H8.C2H6/c1-4-13-10-15(12-8-6-7-9-12)14(5-2)11(3)16-13;1-3-2;1-2/h5-8,10H,3-4,9H2,1-2H3;3H2,1-2H3;1-2H3/b14-5+;;. The Morgan fingerprint density at radius 3 is 2.29 bits per heavy atom. The molecule has 0 aromatic carbocycles. The van der Waals surface area contributed by atoms with Gasteiger partial charge in [0.25, 0.3) is 0 Å². The Hall–Kier alpha value is -1.63. The van der Waals surface area contributed by atoms with Gasteiger partial charge in [0.1, 0.15) is 0 Å². The molecule has 1 aromatic heterocycles. The van der Waals surface area contributed by atoms with E-state index in [0.29, 0.717) is 0 Å². The zero-order chi connectivity index (χ0) is 16.3. The molecular formula is C20H31N. The second-order valence-corrected chi connectivity index (χ2v) is 4.70. The van der Waals surface area contributed by atoms with E-state index in [0.717, 1.165) is 23.9 Å². The molecule has 0 saturated carbocycles. The Kier molecular flexibility index (Phi) is 10.2. The van der Waals surface area contributed by atoms with Crippen LogP contribution in [-0.2, 0) is 6.42 Å². The monoisotopic (exact) mass is 285 g/mol. The fourth-order valence-corrected chi connectivity index (χ4v) is 2.08. The van der Waals surface area contributed by atoms with Crippen molar-refractivity contribution in [2.45, 2.75) is 60.8 Å². The van der Waals surface area contributed by atoms with E-state index in [-0.39, 0.29) is 0 Å². The molecule has 0 atom stereocenters. The molecule has 0 unspecified atom stereocenters. The first kappa shape index (κ1) is 19.4. The summed E-state index contributed by atoms with van der Waals surface area (Å²) in [7, 11) is 0. The molecule has 1 nitrogen and oxygen atoms in total. The van der Waals surface area contributed by atoms with E-state index >= 15 is 0 Å². The lowest BCUT2D eigenvalue weighted by Gasteiger charge is -2.06. The quantitative estimate of drug-likeness (QED) is 0.771. The van der Waals surface area contributed by atoms with Crippen LogP contribution in [0.1, 0.15) is 65.6 Å². The van der Waals surface area contributed by atoms with Crippen LogP contribution in [0.2, 0.25) is 0 Å². The van der Waals surface area contributed by atoms with Gasteiger partial charge in [-0.3, -0.25) is 4.98 Å². The fraction of sp³-hybridized carbons (Fsp3) is 0.450. The van der Waals surface area contributed by atoms with Gasteiger partial charge in [-0.1, -0.05) is 71.9 Å². The molecule has 1 aliphatic carbocycles. The lowest BCUT2D eigenvalue weighted by Crippen LogP contribution is -2.31. The summed E-state index contributed by atoms with van der Waals surface area (Å²) in [6.45, 7) is 16.5. The highest BCUT2D eigenvalue weighted by molar-refractivity contribution is 5.71. The van der Waals surface area contributed by atoms with Gasteiger partial charge in [-0.15, -0.1) is 0 Å². The van der Waals surface area contributed by atoms with Crippen LogP contribution in [0.3, 0.4) is 0 Å². The Morgan fingerprint density at radius 2 is 1.86 bits per heavy atom. The summed E-state index contributed by atoms with van der Waals surface area (Å²) >= 11 is 0. The van der Waals surface area contributed by atoms with Crippen molar-refractivity contribution in [1.82, 2.24) is 4.98 Å². The van der Waals surface area contributed by atoms with E-state index < -0.39 is 0 Å². The summed E-state index contributed by atoms with van der Waals surface area (Å²) in [5.41, 5.74) is 3.79. The van der Waals surface area contributed by atoms with E-state index in [2.05, 4.69) is 62.7 Å². The predicted octanol–water partition coefficient (Wildman–Crippen LogP) is 4.64. The van der Waals surface area contributed by atoms with Gasteiger partial charge in [0.05, 0.1) is 5.35 Å². The largest absolute Gasteiger partial charge is 0.253 e. The molecule has 21 heavy (non-hydrogen) atoms. The van der Waals surface area contributed by atoms with Crippen LogP contribution in [0, 0.1) is 0 Å². The zero-order valence-corrected chi connectivity index (χ0v) is 14.7. The Labute approximate surface area is 130 Å². The Bertz CT molecular complexity index is 577. The van der Waals surface area contributed by atoms with E-state index in [4.69, 9.17) is 0 Å². The van der Waals surface area contributed by atoms with Crippen molar-refractivity contribution in [2.24, 2.45) is 0 Å². The van der Waals surface area contributed by atoms with Gasteiger partial charge in [0, 0.05) is 10.9 Å². The minimum absolute atomic E-state index is 0.893. The summed E-state index contributed by atoms with van der Waals surface area (Å²) in [5.74, 6) is 0. The maximum absolute atomic E-state index is 4.50. The highest BCUT2D eigenvalue weighted by Crippen LogP contribution is 2.20. The molecule has 116 valence electrons. The van der Waals surface area contributed by atoms with Gasteiger partial charge < -0.3 is 0 Å². The van der Waals surface area contributed by atoms with Crippen LogP contribution in [0.4, 0.5) is 0 Å². The van der Waals surface area contributed by atoms with Crippen LogP contribution in [0.25, 0.3) is 18.2 Å². The number of nitrogens with zero attached hydrogens (tertiary/aromatic N) is 1. The molecule has 0 spiro atoms. The van der Waals surface area contributed by atoms with Gasteiger partial charge >= 0.3 is 0 Å². The minimum atomic E-state index is 0.893. The molecule has 0 radical (unpaired) electrons. The summed E-state index contributed by atoms with van der Waals surface area (Å²) in [5, 5.41) is 2.07. The van der Waals surface area contributed by atoms with Crippen molar-refractivity contribution in [3.8, 4) is 0 Å². The third-order valence-corrected chi connectivity index (χ3v) is 2.96. The molecular weight excluding hydrogens is 254 g/mol.